The molecule has 1 unspecified atom stereocenters. The maximum atomic E-state index is 11.8. The highest BCUT2D eigenvalue weighted by molar-refractivity contribution is 6.13. The van der Waals surface area contributed by atoms with Gasteiger partial charge in [0.25, 0.3) is 5.91 Å². The first-order valence-corrected chi connectivity index (χ1v) is 4.67. The van der Waals surface area contributed by atoms with E-state index in [1.807, 2.05) is 30.3 Å². The predicted molar refractivity (Wildman–Crippen MR) is 56.4 cm³/mol. The molecule has 0 fully saturated rings. The molecule has 4 heteroatoms. The summed E-state index contributed by atoms with van der Waals surface area (Å²) in [6.07, 6.45) is 0. The number of hydrogen-bond donors (Lipinski definition) is 1. The summed E-state index contributed by atoms with van der Waals surface area (Å²) < 4.78 is 5.12. The van der Waals surface area contributed by atoms with Crippen molar-refractivity contribution in [1.82, 2.24) is 5.43 Å². The maximum Gasteiger partial charge on any atom is 0.260 e. The van der Waals surface area contributed by atoms with E-state index < -0.39 is 5.41 Å². The van der Waals surface area contributed by atoms with Crippen molar-refractivity contribution >= 4 is 11.8 Å². The molecule has 15 heavy (non-hydrogen) atoms. The second-order valence-electron chi connectivity index (χ2n) is 3.55. The highest BCUT2D eigenvalue weighted by Gasteiger charge is 2.46. The Balaban J connectivity index is 2.49. The lowest BCUT2D eigenvalue weighted by Gasteiger charge is -2.21. The molecule has 0 saturated carbocycles. The first-order valence-electron chi connectivity index (χ1n) is 4.67. The molecule has 1 heterocycles. The molecule has 1 amide bonds. The van der Waals surface area contributed by atoms with Gasteiger partial charge in [-0.3, -0.25) is 4.79 Å². The predicted octanol–water partition coefficient (Wildman–Crippen LogP) is 1.03. The molecule has 1 aromatic carbocycles. The largest absolute Gasteiger partial charge is 0.482 e. The van der Waals surface area contributed by atoms with Crippen LogP contribution in [0.2, 0.25) is 0 Å². The summed E-state index contributed by atoms with van der Waals surface area (Å²) in [4.78, 5) is 11.8. The Bertz CT molecular complexity index is 414. The molecule has 0 saturated heterocycles. The summed E-state index contributed by atoms with van der Waals surface area (Å²) in [5.74, 6) is 0.240. The van der Waals surface area contributed by atoms with E-state index in [0.29, 0.717) is 5.90 Å². The summed E-state index contributed by atoms with van der Waals surface area (Å²) in [6, 6.07) is 9.46. The van der Waals surface area contributed by atoms with Crippen molar-refractivity contribution in [2.24, 2.45) is 5.10 Å². The van der Waals surface area contributed by atoms with Crippen molar-refractivity contribution in [1.29, 1.82) is 0 Å². The number of carbonyl (C=O) groups is 1. The van der Waals surface area contributed by atoms with Crippen LogP contribution in [-0.4, -0.2) is 18.9 Å². The standard InChI is InChI=1S/C11H12N2O2/c1-11(8-6-4-3-5-7-8)9(14)12-13-10(11)15-2/h3-7H,1-2H3,(H,12,14). The van der Waals surface area contributed by atoms with Gasteiger partial charge in [0, 0.05) is 0 Å². The Morgan fingerprint density at radius 1 is 1.33 bits per heavy atom. The third-order valence-electron chi connectivity index (χ3n) is 2.69. The molecule has 0 spiro atoms. The quantitative estimate of drug-likeness (QED) is 0.742. The van der Waals surface area contributed by atoms with E-state index in [4.69, 9.17) is 4.74 Å². The van der Waals surface area contributed by atoms with Gasteiger partial charge >= 0.3 is 0 Å². The van der Waals surface area contributed by atoms with Crippen LogP contribution in [0.1, 0.15) is 12.5 Å². The summed E-state index contributed by atoms with van der Waals surface area (Å²) in [7, 11) is 1.51. The van der Waals surface area contributed by atoms with Crippen molar-refractivity contribution in [3.05, 3.63) is 35.9 Å². The van der Waals surface area contributed by atoms with Crippen LogP contribution in [0.4, 0.5) is 0 Å². The zero-order valence-electron chi connectivity index (χ0n) is 8.65. The molecule has 0 bridgehead atoms. The molecule has 1 aliphatic heterocycles. The van der Waals surface area contributed by atoms with Crippen LogP contribution in [0.3, 0.4) is 0 Å². The van der Waals surface area contributed by atoms with E-state index in [2.05, 4.69) is 10.5 Å². The Hall–Kier alpha value is -1.84. The molecule has 1 aromatic rings. The molecule has 2 rings (SSSR count). The van der Waals surface area contributed by atoms with E-state index in [9.17, 15) is 4.79 Å². The molecule has 0 aliphatic carbocycles. The van der Waals surface area contributed by atoms with Gasteiger partial charge in [-0.25, -0.2) is 5.43 Å². The first kappa shape index (κ1) is 9.71. The van der Waals surface area contributed by atoms with Crippen molar-refractivity contribution in [2.45, 2.75) is 12.3 Å². The molecular weight excluding hydrogens is 192 g/mol. The maximum absolute atomic E-state index is 11.8. The van der Waals surface area contributed by atoms with E-state index >= 15 is 0 Å². The third kappa shape index (κ3) is 1.29. The van der Waals surface area contributed by atoms with Gasteiger partial charge < -0.3 is 4.74 Å². The first-order chi connectivity index (χ1) is 7.19. The van der Waals surface area contributed by atoms with Crippen molar-refractivity contribution < 1.29 is 9.53 Å². The van der Waals surface area contributed by atoms with Crippen LogP contribution >= 0.6 is 0 Å². The van der Waals surface area contributed by atoms with Gasteiger partial charge in [0.15, 0.2) is 5.41 Å². The van der Waals surface area contributed by atoms with Crippen LogP contribution in [0.25, 0.3) is 0 Å². The topological polar surface area (TPSA) is 50.7 Å². The minimum atomic E-state index is -0.810. The minimum Gasteiger partial charge on any atom is -0.482 e. The summed E-state index contributed by atoms with van der Waals surface area (Å²) in [6.45, 7) is 1.80. The van der Waals surface area contributed by atoms with Crippen LogP contribution in [-0.2, 0) is 14.9 Å². The minimum absolute atomic E-state index is 0.162. The zero-order valence-corrected chi connectivity index (χ0v) is 8.65. The lowest BCUT2D eigenvalue weighted by Crippen LogP contribution is -2.40. The average Bonchev–Trinajstić information content (AvgIpc) is 2.58. The number of benzene rings is 1. The lowest BCUT2D eigenvalue weighted by atomic mass is 9.82. The second kappa shape index (κ2) is 3.38. The Morgan fingerprint density at radius 2 is 2.00 bits per heavy atom. The molecule has 0 radical (unpaired) electrons. The fourth-order valence-electron chi connectivity index (χ4n) is 1.70. The van der Waals surface area contributed by atoms with E-state index in [-0.39, 0.29) is 5.91 Å². The van der Waals surface area contributed by atoms with Crippen molar-refractivity contribution in [3.63, 3.8) is 0 Å². The van der Waals surface area contributed by atoms with Gasteiger partial charge in [0.05, 0.1) is 7.11 Å². The highest BCUT2D eigenvalue weighted by atomic mass is 16.5. The molecule has 1 N–H and O–H groups in total. The summed E-state index contributed by atoms with van der Waals surface area (Å²) in [5, 5.41) is 3.86. The van der Waals surface area contributed by atoms with Crippen LogP contribution < -0.4 is 5.43 Å². The SMILES string of the molecule is COC1=NNC(=O)C1(C)c1ccccc1. The second-order valence-corrected chi connectivity index (χ2v) is 3.55. The van der Waals surface area contributed by atoms with Crippen LogP contribution in [0.5, 0.6) is 0 Å². The smallest absolute Gasteiger partial charge is 0.260 e. The van der Waals surface area contributed by atoms with Gasteiger partial charge in [-0.1, -0.05) is 30.3 Å². The van der Waals surface area contributed by atoms with E-state index in [1.165, 1.54) is 7.11 Å². The number of nitrogens with zero attached hydrogens (tertiary/aromatic N) is 1. The Labute approximate surface area is 87.9 Å². The lowest BCUT2D eigenvalue weighted by molar-refractivity contribution is -0.123. The molecule has 0 aromatic heterocycles. The fraction of sp³-hybridized carbons (Fsp3) is 0.273. The number of hydrazone groups is 1. The number of rotatable bonds is 1. The van der Waals surface area contributed by atoms with Gasteiger partial charge in [0.1, 0.15) is 0 Å². The molecule has 1 aliphatic rings. The number of carbonyl (C=O) groups excluding carboxylic acids is 1. The van der Waals surface area contributed by atoms with E-state index in [1.54, 1.807) is 6.92 Å². The normalized spacial score (nSPS) is 24.7. The number of hydrogen-bond acceptors (Lipinski definition) is 3. The van der Waals surface area contributed by atoms with Crippen molar-refractivity contribution in [2.75, 3.05) is 7.11 Å². The Kier molecular flexibility index (Phi) is 2.19. The average molecular weight is 204 g/mol. The number of ether oxygens (including phenoxy) is 1. The van der Waals surface area contributed by atoms with Gasteiger partial charge in [0.2, 0.25) is 5.90 Å². The summed E-state index contributed by atoms with van der Waals surface area (Å²) >= 11 is 0. The van der Waals surface area contributed by atoms with Crippen molar-refractivity contribution in [3.8, 4) is 0 Å². The molecule has 78 valence electrons. The number of amides is 1. The van der Waals surface area contributed by atoms with E-state index in [0.717, 1.165) is 5.56 Å². The molecular formula is C11H12N2O2. The van der Waals surface area contributed by atoms with Gasteiger partial charge in [-0.2, -0.15) is 0 Å². The number of methoxy groups -OCH3 is 1. The third-order valence-corrected chi connectivity index (χ3v) is 2.69. The molecule has 1 atom stereocenters. The number of nitrogens with one attached hydrogen (secondary N) is 1. The van der Waals surface area contributed by atoms with Gasteiger partial charge in [-0.15, -0.1) is 5.10 Å². The van der Waals surface area contributed by atoms with Gasteiger partial charge in [-0.05, 0) is 12.5 Å². The zero-order chi connectivity index (χ0) is 10.9. The van der Waals surface area contributed by atoms with Crippen LogP contribution in [0, 0.1) is 0 Å². The molecule has 4 nitrogen and oxygen atoms in total. The highest BCUT2D eigenvalue weighted by Crippen LogP contribution is 2.29. The fourth-order valence-corrected chi connectivity index (χ4v) is 1.70. The summed E-state index contributed by atoms with van der Waals surface area (Å²) in [5.41, 5.74) is 2.50. The Morgan fingerprint density at radius 3 is 2.60 bits per heavy atom. The van der Waals surface area contributed by atoms with Crippen LogP contribution in [0.15, 0.2) is 35.4 Å². The monoisotopic (exact) mass is 204 g/mol.